The van der Waals surface area contributed by atoms with E-state index < -0.39 is 0 Å². The lowest BCUT2D eigenvalue weighted by Gasteiger charge is -2.41. The number of piperazine rings is 1. The molecule has 1 aliphatic rings. The van der Waals surface area contributed by atoms with Crippen molar-refractivity contribution in [3.8, 4) is 0 Å². The minimum atomic E-state index is -0.124. The van der Waals surface area contributed by atoms with Crippen molar-refractivity contribution in [2.75, 3.05) is 19.6 Å². The van der Waals surface area contributed by atoms with Crippen LogP contribution in [0.1, 0.15) is 25.8 Å². The van der Waals surface area contributed by atoms with Gasteiger partial charge in [0.05, 0.1) is 0 Å². The highest BCUT2D eigenvalue weighted by Gasteiger charge is 2.28. The molecule has 0 spiro atoms. The van der Waals surface area contributed by atoms with E-state index in [9.17, 15) is 4.39 Å². The number of nitrogens with zero attached hydrogens (tertiary/aromatic N) is 1. The van der Waals surface area contributed by atoms with E-state index in [1.807, 2.05) is 12.1 Å². The Morgan fingerprint density at radius 1 is 1.50 bits per heavy atom. The Hall–Kier alpha value is -0.450. The summed E-state index contributed by atoms with van der Waals surface area (Å²) in [5, 5.41) is 3.54. The van der Waals surface area contributed by atoms with Crippen LogP contribution in [0.25, 0.3) is 0 Å². The number of nitrogens with one attached hydrogen (secondary N) is 1. The van der Waals surface area contributed by atoms with Gasteiger partial charge in [0.1, 0.15) is 5.82 Å². The second kappa shape index (κ2) is 5.68. The maximum atomic E-state index is 13.8. The first kappa shape index (κ1) is 14.0. The van der Waals surface area contributed by atoms with Crippen LogP contribution in [0.3, 0.4) is 0 Å². The minimum absolute atomic E-state index is 0.124. The Bertz CT molecular complexity index is 424. The van der Waals surface area contributed by atoms with Crippen molar-refractivity contribution in [2.45, 2.75) is 32.4 Å². The normalized spacial score (nSPS) is 25.3. The highest BCUT2D eigenvalue weighted by Crippen LogP contribution is 2.20. The average molecular weight is 315 g/mol. The maximum Gasteiger partial charge on any atom is 0.128 e. The zero-order valence-corrected chi connectivity index (χ0v) is 12.6. The Labute approximate surface area is 117 Å². The van der Waals surface area contributed by atoms with Crippen LogP contribution in [-0.2, 0) is 6.54 Å². The molecule has 18 heavy (non-hydrogen) atoms. The molecule has 0 radical (unpaired) electrons. The number of hydrogen-bond acceptors (Lipinski definition) is 2. The molecule has 1 aliphatic heterocycles. The van der Waals surface area contributed by atoms with Gasteiger partial charge in [-0.15, -0.1) is 0 Å². The van der Waals surface area contributed by atoms with Gasteiger partial charge in [0.15, 0.2) is 0 Å². The smallest absolute Gasteiger partial charge is 0.128 e. The third kappa shape index (κ3) is 3.31. The Morgan fingerprint density at radius 3 is 2.94 bits per heavy atom. The van der Waals surface area contributed by atoms with E-state index in [0.29, 0.717) is 6.54 Å². The van der Waals surface area contributed by atoms with Crippen LogP contribution >= 0.6 is 15.9 Å². The number of benzene rings is 1. The van der Waals surface area contributed by atoms with Crippen LogP contribution in [-0.4, -0.2) is 30.1 Å². The standard InChI is InChI=1S/C14H20BrFN2/c1-3-14(2)10-18(7-6-17-14)9-11-4-5-12(15)8-13(11)16/h4-5,8,17H,3,6-7,9-10H2,1-2H3. The van der Waals surface area contributed by atoms with E-state index in [0.717, 1.165) is 36.1 Å². The SMILES string of the molecule is CCC1(C)CN(Cc2ccc(Br)cc2F)CCN1. The fourth-order valence-corrected chi connectivity index (χ4v) is 2.74. The molecule has 2 rings (SSSR count). The summed E-state index contributed by atoms with van der Waals surface area (Å²) in [5.74, 6) is -0.124. The molecule has 1 N–H and O–H groups in total. The van der Waals surface area contributed by atoms with Crippen LogP contribution in [0, 0.1) is 5.82 Å². The van der Waals surface area contributed by atoms with Crippen molar-refractivity contribution in [1.29, 1.82) is 0 Å². The van der Waals surface area contributed by atoms with Crippen molar-refractivity contribution in [3.63, 3.8) is 0 Å². The van der Waals surface area contributed by atoms with E-state index in [1.165, 1.54) is 6.07 Å². The third-order valence-electron chi connectivity index (χ3n) is 3.74. The second-order valence-corrected chi connectivity index (χ2v) is 6.20. The van der Waals surface area contributed by atoms with Crippen LogP contribution < -0.4 is 5.32 Å². The number of hydrogen-bond donors (Lipinski definition) is 1. The summed E-state index contributed by atoms with van der Waals surface area (Å²) in [6, 6.07) is 5.31. The van der Waals surface area contributed by atoms with Crippen molar-refractivity contribution in [1.82, 2.24) is 10.2 Å². The first-order valence-electron chi connectivity index (χ1n) is 6.44. The fraction of sp³-hybridized carbons (Fsp3) is 0.571. The van der Waals surface area contributed by atoms with Crippen LogP contribution in [0.4, 0.5) is 4.39 Å². The topological polar surface area (TPSA) is 15.3 Å². The average Bonchev–Trinajstić information content (AvgIpc) is 2.33. The van der Waals surface area contributed by atoms with Gasteiger partial charge in [-0.25, -0.2) is 4.39 Å². The molecule has 1 heterocycles. The third-order valence-corrected chi connectivity index (χ3v) is 4.24. The molecular formula is C14H20BrFN2. The maximum absolute atomic E-state index is 13.8. The van der Waals surface area contributed by atoms with Crippen LogP contribution in [0.5, 0.6) is 0 Å². The summed E-state index contributed by atoms with van der Waals surface area (Å²) < 4.78 is 14.6. The zero-order valence-electron chi connectivity index (χ0n) is 11.0. The second-order valence-electron chi connectivity index (χ2n) is 5.29. The molecule has 2 nitrogen and oxygen atoms in total. The Morgan fingerprint density at radius 2 is 2.28 bits per heavy atom. The quantitative estimate of drug-likeness (QED) is 0.922. The fourth-order valence-electron chi connectivity index (χ4n) is 2.41. The molecule has 1 fully saturated rings. The van der Waals surface area contributed by atoms with Gasteiger partial charge in [0, 0.05) is 41.8 Å². The predicted molar refractivity (Wildman–Crippen MR) is 76.1 cm³/mol. The van der Waals surface area contributed by atoms with Gasteiger partial charge >= 0.3 is 0 Å². The molecule has 1 aromatic carbocycles. The van der Waals surface area contributed by atoms with Gasteiger partial charge in [0.2, 0.25) is 0 Å². The zero-order chi connectivity index (χ0) is 13.2. The van der Waals surface area contributed by atoms with E-state index in [1.54, 1.807) is 0 Å². The van der Waals surface area contributed by atoms with Gasteiger partial charge in [-0.3, -0.25) is 4.90 Å². The van der Waals surface area contributed by atoms with Gasteiger partial charge < -0.3 is 5.32 Å². The number of rotatable bonds is 3. The number of halogens is 2. The van der Waals surface area contributed by atoms with Crippen molar-refractivity contribution in [3.05, 3.63) is 34.1 Å². The largest absolute Gasteiger partial charge is 0.309 e. The lowest BCUT2D eigenvalue weighted by Crippen LogP contribution is -2.58. The highest BCUT2D eigenvalue weighted by molar-refractivity contribution is 9.10. The van der Waals surface area contributed by atoms with Gasteiger partial charge in [0.25, 0.3) is 0 Å². The lowest BCUT2D eigenvalue weighted by atomic mass is 9.95. The van der Waals surface area contributed by atoms with E-state index >= 15 is 0 Å². The summed E-state index contributed by atoms with van der Waals surface area (Å²) in [5.41, 5.74) is 0.933. The summed E-state index contributed by atoms with van der Waals surface area (Å²) in [6.45, 7) is 8.04. The van der Waals surface area contributed by atoms with Crippen molar-refractivity contribution in [2.24, 2.45) is 0 Å². The molecule has 100 valence electrons. The minimum Gasteiger partial charge on any atom is -0.309 e. The first-order chi connectivity index (χ1) is 8.52. The highest BCUT2D eigenvalue weighted by atomic mass is 79.9. The summed E-state index contributed by atoms with van der Waals surface area (Å²) in [7, 11) is 0. The van der Waals surface area contributed by atoms with E-state index in [4.69, 9.17) is 0 Å². The molecule has 4 heteroatoms. The van der Waals surface area contributed by atoms with Gasteiger partial charge in [-0.05, 0) is 25.5 Å². The Balaban J connectivity index is 2.05. The van der Waals surface area contributed by atoms with Gasteiger partial charge in [-0.1, -0.05) is 28.9 Å². The summed E-state index contributed by atoms with van der Waals surface area (Å²) >= 11 is 3.29. The van der Waals surface area contributed by atoms with Gasteiger partial charge in [-0.2, -0.15) is 0 Å². The molecule has 0 aliphatic carbocycles. The van der Waals surface area contributed by atoms with Crippen molar-refractivity contribution >= 4 is 15.9 Å². The first-order valence-corrected chi connectivity index (χ1v) is 7.23. The molecule has 1 aromatic rings. The molecule has 0 bridgehead atoms. The van der Waals surface area contributed by atoms with E-state index in [-0.39, 0.29) is 11.4 Å². The summed E-state index contributed by atoms with van der Waals surface area (Å²) in [4.78, 5) is 2.33. The van der Waals surface area contributed by atoms with Crippen LogP contribution in [0.2, 0.25) is 0 Å². The van der Waals surface area contributed by atoms with Crippen molar-refractivity contribution < 1.29 is 4.39 Å². The molecule has 0 aromatic heterocycles. The van der Waals surface area contributed by atoms with Crippen LogP contribution in [0.15, 0.2) is 22.7 Å². The molecule has 0 saturated carbocycles. The molecule has 1 unspecified atom stereocenters. The molecule has 1 atom stereocenters. The summed E-state index contributed by atoms with van der Waals surface area (Å²) in [6.07, 6.45) is 1.09. The predicted octanol–water partition coefficient (Wildman–Crippen LogP) is 3.16. The molecule has 0 amide bonds. The monoisotopic (exact) mass is 314 g/mol. The van der Waals surface area contributed by atoms with E-state index in [2.05, 4.69) is 40.0 Å². The Kier molecular flexibility index (Phi) is 4.41. The lowest BCUT2D eigenvalue weighted by molar-refractivity contribution is 0.132. The molecular weight excluding hydrogens is 295 g/mol. The molecule has 1 saturated heterocycles.